The van der Waals surface area contributed by atoms with Crippen molar-refractivity contribution in [3.8, 4) is 0 Å². The number of amides is 1. The van der Waals surface area contributed by atoms with E-state index < -0.39 is 8.32 Å². The largest absolute Gasteiger partial charge is 0.462 e. The molecule has 7 heteroatoms. The highest BCUT2D eigenvalue weighted by molar-refractivity contribution is 7.80. The Hall–Kier alpha value is -2.06. The van der Waals surface area contributed by atoms with Gasteiger partial charge in [0.15, 0.2) is 0 Å². The fourth-order valence-electron chi connectivity index (χ4n) is 6.54. The number of nitrogens with zero attached hydrogens (tertiary/aromatic N) is 1. The van der Waals surface area contributed by atoms with Gasteiger partial charge in [-0.3, -0.25) is 9.69 Å². The van der Waals surface area contributed by atoms with Crippen molar-refractivity contribution in [3.05, 3.63) is 60.7 Å². The number of carbonyl (C=O) groups is 1. The molecule has 0 aromatic heterocycles. The summed E-state index contributed by atoms with van der Waals surface area (Å²) in [7, 11) is -2.63. The highest BCUT2D eigenvalue weighted by Gasteiger charge is 2.51. The predicted octanol–water partition coefficient (Wildman–Crippen LogP) is 6.76. The minimum atomic E-state index is -2.63. The van der Waals surface area contributed by atoms with Crippen LogP contribution >= 0.6 is 12.2 Å². The Bertz CT molecular complexity index is 1090. The lowest BCUT2D eigenvalue weighted by atomic mass is 9.90. The minimum absolute atomic E-state index is 0.0171. The van der Waals surface area contributed by atoms with Crippen molar-refractivity contribution in [1.29, 1.82) is 0 Å². The van der Waals surface area contributed by atoms with Gasteiger partial charge in [-0.05, 0) is 66.2 Å². The van der Waals surface area contributed by atoms with Crippen LogP contribution in [0.5, 0.6) is 0 Å². The van der Waals surface area contributed by atoms with E-state index in [9.17, 15) is 4.79 Å². The summed E-state index contributed by atoms with van der Waals surface area (Å²) in [4.78, 5) is 15.1. The molecule has 2 saturated heterocycles. The molecule has 2 aliphatic heterocycles. The molecule has 2 aromatic rings. The van der Waals surface area contributed by atoms with Gasteiger partial charge in [0.05, 0.1) is 31.8 Å². The molecule has 2 atom stereocenters. The minimum Gasteiger partial charge on any atom is -0.462 e. The van der Waals surface area contributed by atoms with Crippen LogP contribution in [0.3, 0.4) is 0 Å². The lowest BCUT2D eigenvalue weighted by Gasteiger charge is -2.43. The maximum atomic E-state index is 13.4. The lowest BCUT2D eigenvalue weighted by Crippen LogP contribution is -2.67. The zero-order chi connectivity index (χ0) is 29.5. The van der Waals surface area contributed by atoms with Crippen LogP contribution in [-0.4, -0.2) is 55.3 Å². The summed E-state index contributed by atoms with van der Waals surface area (Å²) < 4.78 is 19.8. The molecule has 224 valence electrons. The van der Waals surface area contributed by atoms with Crippen molar-refractivity contribution in [2.24, 2.45) is 0 Å². The quantitative estimate of drug-likeness (QED) is 0.189. The van der Waals surface area contributed by atoms with E-state index in [1.807, 2.05) is 0 Å². The number of benzene rings is 2. The first kappa shape index (κ1) is 31.9. The summed E-state index contributed by atoms with van der Waals surface area (Å²) in [5.74, 6) is 0.0171. The first-order chi connectivity index (χ1) is 19.6. The maximum absolute atomic E-state index is 13.4. The van der Waals surface area contributed by atoms with E-state index in [0.29, 0.717) is 24.7 Å². The van der Waals surface area contributed by atoms with Crippen molar-refractivity contribution < 1.29 is 18.7 Å². The Balaban J connectivity index is 1.42. The van der Waals surface area contributed by atoms with Crippen molar-refractivity contribution in [1.82, 2.24) is 4.90 Å². The average molecular weight is 596 g/mol. The molecule has 0 aliphatic carbocycles. The fourth-order valence-corrected chi connectivity index (χ4v) is 11.5. The molecule has 1 amide bonds. The van der Waals surface area contributed by atoms with Gasteiger partial charge in [0.2, 0.25) is 5.91 Å². The maximum Gasteiger partial charge on any atom is 0.266 e. The standard InChI is InChI=1S/C34H49NO4SSi/c1-6-8-22-34(23-9-7-2)26-35(32(40)39-34)31(36)24-27-20-21-28(38-27)25-37-41(33(3,4)5,29-16-12-10-13-17-29)30-18-14-11-15-19-30/h10-19,27-28H,6-9,20-26H2,1-5H3/t27-,28-/m0/s1. The van der Waals surface area contributed by atoms with E-state index in [1.54, 1.807) is 4.90 Å². The second-order valence-electron chi connectivity index (χ2n) is 12.9. The number of carbonyl (C=O) groups excluding carboxylic acids is 1. The summed E-state index contributed by atoms with van der Waals surface area (Å²) >= 11 is 5.57. The van der Waals surface area contributed by atoms with Gasteiger partial charge in [-0.15, -0.1) is 0 Å². The molecule has 2 aromatic carbocycles. The van der Waals surface area contributed by atoms with E-state index in [-0.39, 0.29) is 28.8 Å². The molecule has 0 unspecified atom stereocenters. The van der Waals surface area contributed by atoms with Crippen LogP contribution in [0.15, 0.2) is 60.7 Å². The number of hydrogen-bond acceptors (Lipinski definition) is 5. The normalized spacial score (nSPS) is 20.8. The Labute approximate surface area is 254 Å². The summed E-state index contributed by atoms with van der Waals surface area (Å²) in [5, 5.41) is 2.78. The summed E-state index contributed by atoms with van der Waals surface area (Å²) in [6.45, 7) is 12.3. The van der Waals surface area contributed by atoms with Gasteiger partial charge >= 0.3 is 0 Å². The van der Waals surface area contributed by atoms with Crippen LogP contribution in [0, 0.1) is 0 Å². The van der Waals surface area contributed by atoms with Crippen molar-refractivity contribution >= 4 is 42.0 Å². The second kappa shape index (κ2) is 13.9. The molecule has 0 bridgehead atoms. The number of thiocarbonyl (C=S) groups is 1. The van der Waals surface area contributed by atoms with Gasteiger partial charge < -0.3 is 13.9 Å². The SMILES string of the molecule is CCCCC1(CCCC)CN(C(=O)C[C@@H]2CC[C@@H](CO[Si](c3ccccc3)(c3ccccc3)C(C)(C)C)O2)C(=S)O1. The molecule has 0 saturated carbocycles. The zero-order valence-electron chi connectivity index (χ0n) is 25.7. The molecule has 5 nitrogen and oxygen atoms in total. The summed E-state index contributed by atoms with van der Waals surface area (Å²) in [6.07, 6.45) is 8.13. The summed E-state index contributed by atoms with van der Waals surface area (Å²) in [6, 6.07) is 21.4. The Morgan fingerprint density at radius 3 is 2.00 bits per heavy atom. The second-order valence-corrected chi connectivity index (χ2v) is 17.5. The van der Waals surface area contributed by atoms with Gasteiger partial charge in [0.1, 0.15) is 5.60 Å². The molecule has 2 fully saturated rings. The smallest absolute Gasteiger partial charge is 0.266 e. The van der Waals surface area contributed by atoms with Crippen LogP contribution in [-0.2, 0) is 18.7 Å². The highest BCUT2D eigenvalue weighted by Crippen LogP contribution is 2.38. The topological polar surface area (TPSA) is 48.0 Å². The lowest BCUT2D eigenvalue weighted by molar-refractivity contribution is -0.130. The summed E-state index contributed by atoms with van der Waals surface area (Å²) in [5.41, 5.74) is -0.332. The Morgan fingerprint density at radius 2 is 1.49 bits per heavy atom. The third kappa shape index (κ3) is 7.30. The molecular formula is C34H49NO4SSi. The van der Waals surface area contributed by atoms with E-state index in [0.717, 1.165) is 51.4 Å². The monoisotopic (exact) mass is 595 g/mol. The van der Waals surface area contributed by atoms with Crippen LogP contribution < -0.4 is 10.4 Å². The molecular weight excluding hydrogens is 547 g/mol. The Kier molecular flexibility index (Phi) is 10.8. The van der Waals surface area contributed by atoms with Gasteiger partial charge in [-0.25, -0.2) is 0 Å². The van der Waals surface area contributed by atoms with Gasteiger partial charge in [0, 0.05) is 0 Å². The molecule has 4 rings (SSSR count). The molecule has 2 aliphatic rings. The van der Waals surface area contributed by atoms with Crippen molar-refractivity contribution in [2.45, 2.75) is 115 Å². The van der Waals surface area contributed by atoms with Crippen molar-refractivity contribution in [3.63, 3.8) is 0 Å². The molecule has 2 heterocycles. The molecule has 0 radical (unpaired) electrons. The van der Waals surface area contributed by atoms with Gasteiger partial charge in [0.25, 0.3) is 13.5 Å². The fraction of sp³-hybridized carbons (Fsp3) is 0.588. The van der Waals surface area contributed by atoms with Crippen LogP contribution in [0.25, 0.3) is 0 Å². The van der Waals surface area contributed by atoms with Crippen LogP contribution in [0.2, 0.25) is 5.04 Å². The predicted molar refractivity (Wildman–Crippen MR) is 173 cm³/mol. The van der Waals surface area contributed by atoms with Gasteiger partial charge in [-0.2, -0.15) is 0 Å². The number of ether oxygens (including phenoxy) is 2. The van der Waals surface area contributed by atoms with E-state index in [1.165, 1.54) is 10.4 Å². The highest BCUT2D eigenvalue weighted by atomic mass is 32.1. The van der Waals surface area contributed by atoms with E-state index >= 15 is 0 Å². The van der Waals surface area contributed by atoms with Crippen LogP contribution in [0.1, 0.15) is 92.4 Å². The third-order valence-corrected chi connectivity index (χ3v) is 14.1. The van der Waals surface area contributed by atoms with Gasteiger partial charge in [-0.1, -0.05) is 108 Å². The number of rotatable bonds is 13. The third-order valence-electron chi connectivity index (χ3n) is 8.74. The van der Waals surface area contributed by atoms with Crippen molar-refractivity contribution in [2.75, 3.05) is 13.2 Å². The first-order valence-corrected chi connectivity index (χ1v) is 17.9. The molecule has 0 spiro atoms. The molecule has 0 N–H and O–H groups in total. The molecule has 41 heavy (non-hydrogen) atoms. The number of hydrogen-bond donors (Lipinski definition) is 0. The average Bonchev–Trinajstić information content (AvgIpc) is 3.55. The van der Waals surface area contributed by atoms with E-state index in [2.05, 4.69) is 95.3 Å². The number of unbranched alkanes of at least 4 members (excludes halogenated alkanes) is 2. The van der Waals surface area contributed by atoms with E-state index in [4.69, 9.17) is 26.1 Å². The Morgan fingerprint density at radius 1 is 0.951 bits per heavy atom. The first-order valence-electron chi connectivity index (χ1n) is 15.6. The van der Waals surface area contributed by atoms with Crippen LogP contribution in [0.4, 0.5) is 0 Å². The zero-order valence-corrected chi connectivity index (χ0v) is 27.5.